The van der Waals surface area contributed by atoms with E-state index in [0.717, 1.165) is 0 Å². The fourth-order valence-electron chi connectivity index (χ4n) is 0.885. The summed E-state index contributed by atoms with van der Waals surface area (Å²) in [6.07, 6.45) is 0. The Hall–Kier alpha value is -1.10. The molecule has 1 nitrogen and oxygen atoms in total. The summed E-state index contributed by atoms with van der Waals surface area (Å²) in [4.78, 5) is 10.8. The fourth-order valence-corrected chi connectivity index (χ4v) is 1.02. The third-order valence-corrected chi connectivity index (χ3v) is 1.75. The van der Waals surface area contributed by atoms with E-state index in [9.17, 15) is 22.4 Å². The Labute approximate surface area is 81.3 Å². The highest BCUT2D eigenvalue weighted by Gasteiger charge is 2.23. The summed E-state index contributed by atoms with van der Waals surface area (Å²) in [7, 11) is 0. The van der Waals surface area contributed by atoms with Crippen molar-refractivity contribution in [3.8, 4) is 0 Å². The summed E-state index contributed by atoms with van der Waals surface area (Å²) in [5, 5.41) is 0. The smallest absolute Gasteiger partial charge is 0.183 e. The molecule has 0 aliphatic heterocycles. The van der Waals surface area contributed by atoms with Crippen LogP contribution in [0.4, 0.5) is 17.6 Å². The molecule has 0 radical (unpaired) electrons. The van der Waals surface area contributed by atoms with E-state index in [4.69, 9.17) is 11.6 Å². The summed E-state index contributed by atoms with van der Waals surface area (Å²) in [6, 6.07) is 0.0235. The van der Waals surface area contributed by atoms with E-state index in [1.54, 1.807) is 0 Å². The molecule has 0 aliphatic rings. The first-order valence-corrected chi connectivity index (χ1v) is 3.94. The predicted octanol–water partition coefficient (Wildman–Crippen LogP) is 2.66. The van der Waals surface area contributed by atoms with Gasteiger partial charge in [0.2, 0.25) is 0 Å². The topological polar surface area (TPSA) is 17.1 Å². The second-order valence-corrected chi connectivity index (χ2v) is 2.67. The van der Waals surface area contributed by atoms with Crippen LogP contribution >= 0.6 is 11.6 Å². The van der Waals surface area contributed by atoms with Crippen LogP contribution in [0.5, 0.6) is 0 Å². The van der Waals surface area contributed by atoms with E-state index in [0.29, 0.717) is 0 Å². The lowest BCUT2D eigenvalue weighted by Gasteiger charge is -2.03. The Morgan fingerprint density at radius 3 is 1.93 bits per heavy atom. The number of rotatable bonds is 2. The average Bonchev–Trinajstić information content (AvgIpc) is 2.15. The van der Waals surface area contributed by atoms with Gasteiger partial charge in [0.05, 0.1) is 11.4 Å². The number of Topliss-reactive ketones (excluding diaryl/α,β-unsaturated/α-hetero) is 1. The zero-order valence-corrected chi connectivity index (χ0v) is 7.34. The fraction of sp³-hybridized carbons (Fsp3) is 0.125. The lowest BCUT2D eigenvalue weighted by atomic mass is 10.1. The van der Waals surface area contributed by atoms with Crippen LogP contribution in [0.25, 0.3) is 0 Å². The molecule has 0 unspecified atom stereocenters. The van der Waals surface area contributed by atoms with Crippen molar-refractivity contribution in [2.24, 2.45) is 0 Å². The van der Waals surface area contributed by atoms with E-state index in [2.05, 4.69) is 0 Å². The number of alkyl halides is 1. The maximum absolute atomic E-state index is 12.8. The van der Waals surface area contributed by atoms with Crippen LogP contribution < -0.4 is 0 Å². The van der Waals surface area contributed by atoms with Gasteiger partial charge in [0.25, 0.3) is 0 Å². The molecule has 14 heavy (non-hydrogen) atoms. The van der Waals surface area contributed by atoms with Crippen LogP contribution in [0.1, 0.15) is 10.4 Å². The molecule has 0 fully saturated rings. The lowest BCUT2D eigenvalue weighted by molar-refractivity contribution is 0.101. The Morgan fingerprint density at radius 2 is 1.57 bits per heavy atom. The normalized spacial score (nSPS) is 10.4. The molecule has 0 aliphatic carbocycles. The molecule has 76 valence electrons. The van der Waals surface area contributed by atoms with E-state index < -0.39 is 40.5 Å². The van der Waals surface area contributed by atoms with E-state index in [1.165, 1.54) is 0 Å². The standard InChI is InChI=1S/C8H3ClF4O/c9-2-5(14)6-7(12)3(10)1-4(11)8(6)13/h1H,2H2. The minimum atomic E-state index is -1.73. The van der Waals surface area contributed by atoms with Crippen molar-refractivity contribution in [1.29, 1.82) is 0 Å². The zero-order chi connectivity index (χ0) is 10.9. The van der Waals surface area contributed by atoms with Gasteiger partial charge in [-0.3, -0.25) is 4.79 Å². The Kier molecular flexibility index (Phi) is 3.10. The van der Waals surface area contributed by atoms with Gasteiger partial charge in [-0.2, -0.15) is 0 Å². The molecule has 0 aromatic heterocycles. The number of hydrogen-bond acceptors (Lipinski definition) is 1. The van der Waals surface area contributed by atoms with Crippen molar-refractivity contribution in [2.75, 3.05) is 5.88 Å². The first kappa shape index (κ1) is 11.0. The molecule has 1 rings (SSSR count). The van der Waals surface area contributed by atoms with Gasteiger partial charge in [0.1, 0.15) is 0 Å². The highest BCUT2D eigenvalue weighted by atomic mass is 35.5. The molecule has 0 spiro atoms. The molecule has 0 saturated carbocycles. The largest absolute Gasteiger partial charge is 0.293 e. The minimum absolute atomic E-state index is 0.0235. The van der Waals surface area contributed by atoms with Gasteiger partial charge in [-0.05, 0) is 0 Å². The molecule has 0 N–H and O–H groups in total. The second kappa shape index (κ2) is 3.96. The van der Waals surface area contributed by atoms with Crippen molar-refractivity contribution in [2.45, 2.75) is 0 Å². The van der Waals surface area contributed by atoms with Crippen molar-refractivity contribution in [3.63, 3.8) is 0 Å². The first-order chi connectivity index (χ1) is 6.49. The molecule has 1 aromatic carbocycles. The average molecular weight is 227 g/mol. The summed E-state index contributed by atoms with van der Waals surface area (Å²) in [5.41, 5.74) is -1.28. The Bertz CT molecular complexity index is 365. The molecule has 0 saturated heterocycles. The van der Waals surface area contributed by atoms with Crippen LogP contribution in [-0.2, 0) is 0 Å². The third-order valence-electron chi connectivity index (χ3n) is 1.51. The number of benzene rings is 1. The third kappa shape index (κ3) is 1.72. The molecule has 1 aromatic rings. The van der Waals surface area contributed by atoms with Crippen LogP contribution in [0, 0.1) is 23.3 Å². The highest BCUT2D eigenvalue weighted by molar-refractivity contribution is 6.30. The zero-order valence-electron chi connectivity index (χ0n) is 6.58. The number of carbonyl (C=O) groups is 1. The summed E-state index contributed by atoms with van der Waals surface area (Å²) < 4.78 is 50.7. The number of ketones is 1. The molecular weight excluding hydrogens is 224 g/mol. The van der Waals surface area contributed by atoms with Gasteiger partial charge in [-0.15, -0.1) is 11.6 Å². The predicted molar refractivity (Wildman–Crippen MR) is 41.3 cm³/mol. The van der Waals surface area contributed by atoms with Gasteiger partial charge in [-0.25, -0.2) is 17.6 Å². The van der Waals surface area contributed by atoms with Crippen molar-refractivity contribution in [1.82, 2.24) is 0 Å². The Balaban J connectivity index is 3.47. The number of halogens is 5. The van der Waals surface area contributed by atoms with Gasteiger partial charge < -0.3 is 0 Å². The second-order valence-electron chi connectivity index (χ2n) is 2.40. The van der Waals surface area contributed by atoms with Gasteiger partial charge in [0, 0.05) is 6.07 Å². The van der Waals surface area contributed by atoms with Crippen LogP contribution in [0.15, 0.2) is 6.07 Å². The summed E-state index contributed by atoms with van der Waals surface area (Å²) >= 11 is 5.01. The maximum Gasteiger partial charge on any atom is 0.183 e. The quantitative estimate of drug-likeness (QED) is 0.328. The van der Waals surface area contributed by atoms with Crippen LogP contribution in [0.2, 0.25) is 0 Å². The molecular formula is C8H3ClF4O. The molecule has 0 heterocycles. The lowest BCUT2D eigenvalue weighted by Crippen LogP contribution is -2.10. The van der Waals surface area contributed by atoms with Gasteiger partial charge in [0.15, 0.2) is 29.1 Å². The van der Waals surface area contributed by atoms with Crippen molar-refractivity contribution in [3.05, 3.63) is 34.9 Å². The van der Waals surface area contributed by atoms with Crippen LogP contribution in [0.3, 0.4) is 0 Å². The summed E-state index contributed by atoms with van der Waals surface area (Å²) in [5.74, 6) is -8.67. The van der Waals surface area contributed by atoms with Gasteiger partial charge in [-0.1, -0.05) is 0 Å². The van der Waals surface area contributed by atoms with E-state index in [1.807, 2.05) is 0 Å². The molecule has 0 amide bonds. The SMILES string of the molecule is O=C(CCl)c1c(F)c(F)cc(F)c1F. The van der Waals surface area contributed by atoms with E-state index >= 15 is 0 Å². The van der Waals surface area contributed by atoms with E-state index in [-0.39, 0.29) is 6.07 Å². The minimum Gasteiger partial charge on any atom is -0.293 e. The summed E-state index contributed by atoms with van der Waals surface area (Å²) in [6.45, 7) is 0. The number of hydrogen-bond donors (Lipinski definition) is 0. The maximum atomic E-state index is 12.8. The molecule has 6 heteroatoms. The van der Waals surface area contributed by atoms with Crippen LogP contribution in [-0.4, -0.2) is 11.7 Å². The van der Waals surface area contributed by atoms with Gasteiger partial charge >= 0.3 is 0 Å². The molecule has 0 bridgehead atoms. The molecule has 0 atom stereocenters. The first-order valence-electron chi connectivity index (χ1n) is 3.41. The monoisotopic (exact) mass is 226 g/mol. The van der Waals surface area contributed by atoms with Crippen molar-refractivity contribution < 1.29 is 22.4 Å². The highest BCUT2D eigenvalue weighted by Crippen LogP contribution is 2.19. The Morgan fingerprint density at radius 1 is 1.14 bits per heavy atom. The number of carbonyl (C=O) groups excluding carboxylic acids is 1. The van der Waals surface area contributed by atoms with Crippen molar-refractivity contribution >= 4 is 17.4 Å².